The Labute approximate surface area is 116 Å². The van der Waals surface area contributed by atoms with Gasteiger partial charge in [0.15, 0.2) is 0 Å². The Hall–Kier alpha value is -0.900. The molecule has 4 atom stereocenters. The van der Waals surface area contributed by atoms with E-state index in [9.17, 15) is 0 Å². The molecular weight excluding hydrogens is 236 g/mol. The normalized spacial score (nSPS) is 30.9. The fourth-order valence-electron chi connectivity index (χ4n) is 4.28. The van der Waals surface area contributed by atoms with Crippen LogP contribution in [0.15, 0.2) is 6.33 Å². The standard InChI is InChI=1S/C15H26N4/c1-3-16-14(9-15-17-10-18-19(15)2)8-13-7-11-4-5-12(13)6-11/h10-14,16H,3-9H2,1-2H3. The maximum absolute atomic E-state index is 4.37. The highest BCUT2D eigenvalue weighted by Gasteiger charge is 2.40. The molecule has 2 fully saturated rings. The van der Waals surface area contributed by atoms with Gasteiger partial charge >= 0.3 is 0 Å². The lowest BCUT2D eigenvalue weighted by atomic mass is 9.83. The number of hydrogen-bond acceptors (Lipinski definition) is 3. The number of nitrogens with one attached hydrogen (secondary N) is 1. The summed E-state index contributed by atoms with van der Waals surface area (Å²) in [6.45, 7) is 3.24. The van der Waals surface area contributed by atoms with Gasteiger partial charge < -0.3 is 5.32 Å². The Morgan fingerprint density at radius 3 is 2.89 bits per heavy atom. The van der Waals surface area contributed by atoms with Gasteiger partial charge in [0.1, 0.15) is 12.2 Å². The SMILES string of the molecule is CCNC(Cc1ncnn1C)CC1CC2CCC1C2. The van der Waals surface area contributed by atoms with E-state index in [1.54, 1.807) is 6.33 Å². The summed E-state index contributed by atoms with van der Waals surface area (Å²) in [5, 5.41) is 7.83. The molecule has 1 aromatic heterocycles. The minimum atomic E-state index is 0.567. The quantitative estimate of drug-likeness (QED) is 0.854. The molecular formula is C15H26N4. The van der Waals surface area contributed by atoms with Crippen molar-refractivity contribution in [1.82, 2.24) is 20.1 Å². The van der Waals surface area contributed by atoms with E-state index in [0.29, 0.717) is 6.04 Å². The van der Waals surface area contributed by atoms with Crippen LogP contribution in [0, 0.1) is 17.8 Å². The maximum Gasteiger partial charge on any atom is 0.138 e. The number of rotatable bonds is 6. The van der Waals surface area contributed by atoms with E-state index < -0.39 is 0 Å². The van der Waals surface area contributed by atoms with Gasteiger partial charge in [-0.05, 0) is 50.0 Å². The van der Waals surface area contributed by atoms with Crippen LogP contribution in [0.1, 0.15) is 44.9 Å². The summed E-state index contributed by atoms with van der Waals surface area (Å²) < 4.78 is 1.91. The topological polar surface area (TPSA) is 42.7 Å². The smallest absolute Gasteiger partial charge is 0.138 e. The summed E-state index contributed by atoms with van der Waals surface area (Å²) in [7, 11) is 1.99. The second-order valence-corrected chi connectivity index (χ2v) is 6.43. The largest absolute Gasteiger partial charge is 0.314 e. The van der Waals surface area contributed by atoms with Crippen molar-refractivity contribution < 1.29 is 0 Å². The van der Waals surface area contributed by atoms with E-state index in [1.165, 1.54) is 32.1 Å². The highest BCUT2D eigenvalue weighted by atomic mass is 15.3. The molecule has 1 N–H and O–H groups in total. The zero-order valence-corrected chi connectivity index (χ0v) is 12.2. The van der Waals surface area contributed by atoms with Crippen molar-refractivity contribution in [3.05, 3.63) is 12.2 Å². The number of fused-ring (bicyclic) bond motifs is 2. The highest BCUT2D eigenvalue weighted by Crippen LogP contribution is 2.49. The average Bonchev–Trinajstić information content (AvgIpc) is 3.08. The summed E-state index contributed by atoms with van der Waals surface area (Å²) >= 11 is 0. The van der Waals surface area contributed by atoms with E-state index in [1.807, 2.05) is 11.7 Å². The van der Waals surface area contributed by atoms with Gasteiger partial charge in [0.25, 0.3) is 0 Å². The molecule has 4 heteroatoms. The van der Waals surface area contributed by atoms with Crippen LogP contribution in [0.5, 0.6) is 0 Å². The monoisotopic (exact) mass is 262 g/mol. The molecule has 2 saturated carbocycles. The van der Waals surface area contributed by atoms with Gasteiger partial charge in [-0.2, -0.15) is 5.10 Å². The van der Waals surface area contributed by atoms with Crippen LogP contribution in [0.4, 0.5) is 0 Å². The van der Waals surface area contributed by atoms with Crippen LogP contribution in [-0.4, -0.2) is 27.4 Å². The lowest BCUT2D eigenvalue weighted by Gasteiger charge is -2.27. The van der Waals surface area contributed by atoms with E-state index in [2.05, 4.69) is 22.3 Å². The van der Waals surface area contributed by atoms with Crippen LogP contribution in [0.25, 0.3) is 0 Å². The molecule has 1 aromatic rings. The predicted octanol–water partition coefficient (Wildman–Crippen LogP) is 2.16. The minimum Gasteiger partial charge on any atom is -0.314 e. The Bertz CT molecular complexity index is 414. The molecule has 0 aliphatic heterocycles. The number of likely N-dealkylation sites (N-methyl/N-ethyl adjacent to an activating group) is 1. The zero-order chi connectivity index (χ0) is 13.2. The molecule has 0 aromatic carbocycles. The van der Waals surface area contributed by atoms with Crippen molar-refractivity contribution in [3.8, 4) is 0 Å². The van der Waals surface area contributed by atoms with E-state index >= 15 is 0 Å². The Balaban J connectivity index is 1.59. The molecule has 4 nitrogen and oxygen atoms in total. The second-order valence-electron chi connectivity index (χ2n) is 6.43. The van der Waals surface area contributed by atoms with Crippen molar-refractivity contribution in [2.75, 3.05) is 6.54 Å². The number of aryl methyl sites for hydroxylation is 1. The number of aromatic nitrogens is 3. The fourth-order valence-corrected chi connectivity index (χ4v) is 4.28. The molecule has 19 heavy (non-hydrogen) atoms. The molecule has 3 rings (SSSR count). The van der Waals surface area contributed by atoms with Crippen molar-refractivity contribution in [3.63, 3.8) is 0 Å². The first-order chi connectivity index (χ1) is 9.26. The Morgan fingerprint density at radius 1 is 1.42 bits per heavy atom. The van der Waals surface area contributed by atoms with Gasteiger partial charge in [-0.15, -0.1) is 0 Å². The van der Waals surface area contributed by atoms with Gasteiger partial charge in [0, 0.05) is 19.5 Å². The van der Waals surface area contributed by atoms with E-state index in [4.69, 9.17) is 0 Å². The molecule has 0 spiro atoms. The van der Waals surface area contributed by atoms with Crippen LogP contribution < -0.4 is 5.32 Å². The first kappa shape index (κ1) is 13.1. The van der Waals surface area contributed by atoms with E-state index in [-0.39, 0.29) is 0 Å². The van der Waals surface area contributed by atoms with Crippen molar-refractivity contribution in [1.29, 1.82) is 0 Å². The third-order valence-electron chi connectivity index (χ3n) is 5.20. The van der Waals surface area contributed by atoms with Gasteiger partial charge in [-0.1, -0.05) is 13.3 Å². The third-order valence-corrected chi connectivity index (χ3v) is 5.20. The lowest BCUT2D eigenvalue weighted by Crippen LogP contribution is -2.35. The maximum atomic E-state index is 4.37. The van der Waals surface area contributed by atoms with Crippen molar-refractivity contribution in [2.45, 2.75) is 51.5 Å². The third kappa shape index (κ3) is 2.83. The molecule has 0 radical (unpaired) electrons. The molecule has 4 unspecified atom stereocenters. The summed E-state index contributed by atoms with van der Waals surface area (Å²) in [5.74, 6) is 4.13. The second kappa shape index (κ2) is 5.61. The van der Waals surface area contributed by atoms with Gasteiger partial charge in [0.2, 0.25) is 0 Å². The summed E-state index contributed by atoms with van der Waals surface area (Å²) in [5.41, 5.74) is 0. The zero-order valence-electron chi connectivity index (χ0n) is 12.2. The lowest BCUT2D eigenvalue weighted by molar-refractivity contribution is 0.276. The molecule has 2 aliphatic rings. The average molecular weight is 262 g/mol. The van der Waals surface area contributed by atoms with Crippen molar-refractivity contribution >= 4 is 0 Å². The summed E-state index contributed by atoms with van der Waals surface area (Å²) in [6, 6.07) is 0.567. The van der Waals surface area contributed by atoms with Gasteiger partial charge in [-0.25, -0.2) is 4.98 Å². The first-order valence-corrected chi connectivity index (χ1v) is 7.82. The molecule has 2 bridgehead atoms. The van der Waals surface area contributed by atoms with Crippen LogP contribution in [0.3, 0.4) is 0 Å². The molecule has 1 heterocycles. The van der Waals surface area contributed by atoms with Crippen LogP contribution >= 0.6 is 0 Å². The summed E-state index contributed by atoms with van der Waals surface area (Å²) in [4.78, 5) is 4.37. The predicted molar refractivity (Wildman–Crippen MR) is 75.7 cm³/mol. The van der Waals surface area contributed by atoms with Crippen molar-refractivity contribution in [2.24, 2.45) is 24.8 Å². The number of hydrogen-bond donors (Lipinski definition) is 1. The van der Waals surface area contributed by atoms with E-state index in [0.717, 1.165) is 36.5 Å². The first-order valence-electron chi connectivity index (χ1n) is 7.82. The fraction of sp³-hybridized carbons (Fsp3) is 0.867. The van der Waals surface area contributed by atoms with Gasteiger partial charge in [0.05, 0.1) is 0 Å². The molecule has 106 valence electrons. The number of nitrogens with zero attached hydrogens (tertiary/aromatic N) is 3. The molecule has 0 amide bonds. The molecule has 0 saturated heterocycles. The summed E-state index contributed by atoms with van der Waals surface area (Å²) in [6.07, 6.45) is 9.96. The van der Waals surface area contributed by atoms with Crippen LogP contribution in [0.2, 0.25) is 0 Å². The Kier molecular flexibility index (Phi) is 3.87. The van der Waals surface area contributed by atoms with Crippen LogP contribution in [-0.2, 0) is 13.5 Å². The van der Waals surface area contributed by atoms with Gasteiger partial charge in [-0.3, -0.25) is 4.68 Å². The highest BCUT2D eigenvalue weighted by molar-refractivity contribution is 4.95. The minimum absolute atomic E-state index is 0.567. The Morgan fingerprint density at radius 2 is 2.32 bits per heavy atom. The molecule has 2 aliphatic carbocycles.